The Morgan fingerprint density at radius 3 is 1.65 bits per heavy atom. The molecule has 0 radical (unpaired) electrons. The maximum Gasteiger partial charge on any atom is 0.184 e. The molecule has 51 heavy (non-hydrogen) atoms. The minimum atomic E-state index is 0.544. The largest absolute Gasteiger partial charge is 0.384 e. The lowest BCUT2D eigenvalue weighted by molar-refractivity contribution is 0.873. The third kappa shape index (κ3) is 18.1. The van der Waals surface area contributed by atoms with Crippen molar-refractivity contribution in [3.8, 4) is 0 Å². The van der Waals surface area contributed by atoms with Gasteiger partial charge in [-0.15, -0.1) is 0 Å². The summed E-state index contributed by atoms with van der Waals surface area (Å²) in [7, 11) is 0. The standard InChI is InChI=1S/C14H14BrN3S.C9H7BrN4S.C8H11N.C5H5BrN2/c15-12-6-7-13(17-10-12)18-14(19)16-9-8-11-4-2-1-3-5-11;10-7-1-2-8(12-5-7)13-9(15)14-4-3-11-6-14;9-7-6-8-4-2-1-3-5-8;6-4-1-2-5(7)8-3-4/h1-7,10H,8-9H2,(H2,16,17,18,19);1-6H,(H,12,13,15);1-5H,6-7,9H2;1-3H,(H2,7,8). The molecule has 0 saturated heterocycles. The van der Waals surface area contributed by atoms with E-state index in [1.54, 1.807) is 47.9 Å². The Bertz CT molecular complexity index is 1810. The number of nitrogens with two attached hydrogens (primary N) is 2. The third-order valence-electron chi connectivity index (χ3n) is 6.24. The van der Waals surface area contributed by atoms with Gasteiger partial charge in [0.15, 0.2) is 10.2 Å². The minimum Gasteiger partial charge on any atom is -0.384 e. The van der Waals surface area contributed by atoms with Gasteiger partial charge in [-0.2, -0.15) is 0 Å². The average molecular weight is 914 g/mol. The number of anilines is 3. The molecule has 15 heteroatoms. The number of nitrogen functional groups attached to an aromatic ring is 1. The van der Waals surface area contributed by atoms with Gasteiger partial charge in [0.25, 0.3) is 0 Å². The Labute approximate surface area is 334 Å². The molecule has 0 amide bonds. The van der Waals surface area contributed by atoms with Crippen molar-refractivity contribution in [2.45, 2.75) is 12.8 Å². The number of rotatable bonds is 7. The van der Waals surface area contributed by atoms with Crippen molar-refractivity contribution >= 4 is 99.9 Å². The minimum absolute atomic E-state index is 0.544. The number of nitrogens with one attached hydrogen (secondary N) is 3. The van der Waals surface area contributed by atoms with Crippen molar-refractivity contribution in [3.63, 3.8) is 0 Å². The first kappa shape index (κ1) is 41.3. The number of hydrogen-bond donors (Lipinski definition) is 5. The molecule has 0 spiro atoms. The number of halogens is 3. The molecule has 2 aromatic carbocycles. The van der Waals surface area contributed by atoms with Gasteiger partial charge in [0.1, 0.15) is 23.8 Å². The van der Waals surface area contributed by atoms with Crippen LogP contribution in [0.25, 0.3) is 0 Å². The van der Waals surface area contributed by atoms with Gasteiger partial charge < -0.3 is 27.4 Å². The lowest BCUT2D eigenvalue weighted by Crippen LogP contribution is -2.30. The van der Waals surface area contributed by atoms with E-state index in [4.69, 9.17) is 35.9 Å². The van der Waals surface area contributed by atoms with Gasteiger partial charge >= 0.3 is 0 Å². The second kappa shape index (κ2) is 24.1. The molecule has 6 aromatic rings. The molecular weight excluding hydrogens is 876 g/mol. The van der Waals surface area contributed by atoms with Crippen molar-refractivity contribution in [3.05, 3.63) is 159 Å². The number of hydrogen-bond acceptors (Lipinski definition) is 8. The van der Waals surface area contributed by atoms with Crippen LogP contribution in [0.3, 0.4) is 0 Å². The number of imidazole rings is 1. The SMILES string of the molecule is NCCc1ccccc1.Nc1ccc(Br)cn1.S=C(NCCc1ccccc1)Nc1ccc(Br)cn1.S=C(Nc1ccc(Br)cn1)n1ccnc1. The molecule has 0 unspecified atom stereocenters. The quantitative estimate of drug-likeness (QED) is 0.0988. The van der Waals surface area contributed by atoms with Crippen molar-refractivity contribution in [2.75, 3.05) is 29.5 Å². The smallest absolute Gasteiger partial charge is 0.184 e. The summed E-state index contributed by atoms with van der Waals surface area (Å²) in [5.74, 6) is 1.99. The van der Waals surface area contributed by atoms with Gasteiger partial charge in [0.2, 0.25) is 0 Å². The molecule has 264 valence electrons. The van der Waals surface area contributed by atoms with Gasteiger partial charge in [0.05, 0.1) is 0 Å². The zero-order valence-electron chi connectivity index (χ0n) is 27.4. The number of nitrogens with zero attached hydrogens (tertiary/aromatic N) is 5. The van der Waals surface area contributed by atoms with Crippen LogP contribution in [0.15, 0.2) is 148 Å². The monoisotopic (exact) mass is 910 g/mol. The fraction of sp³-hybridized carbons (Fsp3) is 0.111. The Hall–Kier alpha value is -4.12. The second-order valence-corrected chi connectivity index (χ2v) is 13.7. The van der Waals surface area contributed by atoms with Crippen LogP contribution in [0.4, 0.5) is 17.5 Å². The second-order valence-electron chi connectivity index (χ2n) is 10.2. The maximum atomic E-state index is 5.36. The Balaban J connectivity index is 0.000000195. The maximum absolute atomic E-state index is 5.36. The molecule has 10 nitrogen and oxygen atoms in total. The zero-order valence-corrected chi connectivity index (χ0v) is 33.8. The van der Waals surface area contributed by atoms with E-state index < -0.39 is 0 Å². The third-order valence-corrected chi connectivity index (χ3v) is 8.20. The summed E-state index contributed by atoms with van der Waals surface area (Å²) < 4.78 is 4.54. The van der Waals surface area contributed by atoms with Gasteiger partial charge in [-0.1, -0.05) is 60.7 Å². The summed E-state index contributed by atoms with van der Waals surface area (Å²) in [6, 6.07) is 31.7. The average Bonchev–Trinajstić information content (AvgIpc) is 3.69. The predicted octanol–water partition coefficient (Wildman–Crippen LogP) is 8.27. The van der Waals surface area contributed by atoms with E-state index in [1.807, 2.05) is 66.7 Å². The first-order valence-corrected chi connectivity index (χ1v) is 18.6. The highest BCUT2D eigenvalue weighted by Crippen LogP contribution is 2.12. The highest BCUT2D eigenvalue weighted by atomic mass is 79.9. The first-order chi connectivity index (χ1) is 24.7. The molecule has 0 atom stereocenters. The molecule has 7 N–H and O–H groups in total. The predicted molar refractivity (Wildman–Crippen MR) is 228 cm³/mol. The van der Waals surface area contributed by atoms with Gasteiger partial charge in [0, 0.05) is 50.9 Å². The molecule has 0 saturated carbocycles. The van der Waals surface area contributed by atoms with E-state index in [-0.39, 0.29) is 0 Å². The zero-order chi connectivity index (χ0) is 36.7. The van der Waals surface area contributed by atoms with E-state index in [2.05, 4.69) is 108 Å². The molecule has 0 aliphatic carbocycles. The molecule has 0 aliphatic heterocycles. The van der Waals surface area contributed by atoms with Crippen LogP contribution in [0.5, 0.6) is 0 Å². The molecule has 0 bridgehead atoms. The summed E-state index contributed by atoms with van der Waals surface area (Å²) in [6.07, 6.45) is 12.1. The molecule has 4 aromatic heterocycles. The van der Waals surface area contributed by atoms with Crippen molar-refractivity contribution in [2.24, 2.45) is 5.73 Å². The normalized spacial score (nSPS) is 9.73. The molecule has 0 fully saturated rings. The van der Waals surface area contributed by atoms with E-state index >= 15 is 0 Å². The van der Waals surface area contributed by atoms with Gasteiger partial charge in [-0.3, -0.25) is 4.57 Å². The highest BCUT2D eigenvalue weighted by Gasteiger charge is 2.01. The van der Waals surface area contributed by atoms with Crippen LogP contribution in [0, 0.1) is 0 Å². The van der Waals surface area contributed by atoms with Crippen molar-refractivity contribution in [1.29, 1.82) is 0 Å². The molecule has 0 aliphatic rings. The number of aromatic nitrogens is 5. The Kier molecular flexibility index (Phi) is 19.5. The summed E-state index contributed by atoms with van der Waals surface area (Å²) in [5, 5.41) is 10.3. The topological polar surface area (TPSA) is 145 Å². The number of benzene rings is 2. The lowest BCUT2D eigenvalue weighted by Gasteiger charge is -2.09. The van der Waals surface area contributed by atoms with Gasteiger partial charge in [-0.25, -0.2) is 19.9 Å². The van der Waals surface area contributed by atoms with Crippen LogP contribution in [-0.4, -0.2) is 47.8 Å². The fourth-order valence-electron chi connectivity index (χ4n) is 3.78. The summed E-state index contributed by atoms with van der Waals surface area (Å²) in [6.45, 7) is 1.54. The Morgan fingerprint density at radius 2 is 1.20 bits per heavy atom. The summed E-state index contributed by atoms with van der Waals surface area (Å²) >= 11 is 20.2. The van der Waals surface area contributed by atoms with Crippen LogP contribution in [0.1, 0.15) is 11.1 Å². The van der Waals surface area contributed by atoms with E-state index in [1.165, 1.54) is 11.1 Å². The highest BCUT2D eigenvalue weighted by molar-refractivity contribution is 9.11. The van der Waals surface area contributed by atoms with Crippen LogP contribution in [-0.2, 0) is 12.8 Å². The summed E-state index contributed by atoms with van der Waals surface area (Å²) in [4.78, 5) is 16.1. The van der Waals surface area contributed by atoms with E-state index in [0.29, 0.717) is 21.9 Å². The molecular formula is C36H37Br3N10S2. The summed E-state index contributed by atoms with van der Waals surface area (Å²) in [5.41, 5.74) is 13.3. The lowest BCUT2D eigenvalue weighted by atomic mass is 10.1. The van der Waals surface area contributed by atoms with E-state index in [9.17, 15) is 0 Å². The molecule has 6 rings (SSSR count). The van der Waals surface area contributed by atoms with Gasteiger partial charge in [-0.05, 0) is 139 Å². The Morgan fingerprint density at radius 1 is 0.667 bits per heavy atom. The fourth-order valence-corrected chi connectivity index (χ4v) is 4.90. The number of pyridine rings is 3. The van der Waals surface area contributed by atoms with Crippen LogP contribution in [0.2, 0.25) is 0 Å². The van der Waals surface area contributed by atoms with Crippen LogP contribution < -0.4 is 27.4 Å². The van der Waals surface area contributed by atoms with Crippen molar-refractivity contribution < 1.29 is 0 Å². The first-order valence-electron chi connectivity index (χ1n) is 15.4. The molecule has 4 heterocycles. The van der Waals surface area contributed by atoms with E-state index in [0.717, 1.165) is 45.2 Å². The van der Waals surface area contributed by atoms with Crippen molar-refractivity contribution in [1.82, 2.24) is 29.8 Å². The van der Waals surface area contributed by atoms with Crippen LogP contribution >= 0.6 is 72.2 Å². The number of thiocarbonyl (C=S) groups is 2.